The van der Waals surface area contributed by atoms with E-state index in [9.17, 15) is 4.79 Å². The molecule has 0 unspecified atom stereocenters. The van der Waals surface area contributed by atoms with Gasteiger partial charge in [-0.1, -0.05) is 17.7 Å². The Morgan fingerprint density at radius 3 is 3.00 bits per heavy atom. The summed E-state index contributed by atoms with van der Waals surface area (Å²) in [4.78, 5) is 14.7. The molecule has 0 fully saturated rings. The number of aromatic nitrogens is 1. The zero-order chi connectivity index (χ0) is 10.4. The number of hydrogen-bond donors (Lipinski definition) is 0. The highest BCUT2D eigenvalue weighted by Crippen LogP contribution is 2.06. The topological polar surface area (TPSA) is 30.0 Å². The minimum atomic E-state index is 0.0862. The Balaban J connectivity index is 2.51. The van der Waals surface area contributed by atoms with Gasteiger partial charge in [-0.15, -0.1) is 0 Å². The lowest BCUT2D eigenvalue weighted by molar-refractivity contribution is -0.109. The van der Waals surface area contributed by atoms with Crippen molar-refractivity contribution >= 4 is 32.8 Å². The van der Waals surface area contributed by atoms with E-state index in [0.717, 1.165) is 10.2 Å². The average molecular weight is 270 g/mol. The third kappa shape index (κ3) is 4.45. The maximum absolute atomic E-state index is 10.6. The van der Waals surface area contributed by atoms with Crippen LogP contribution in [0.3, 0.4) is 0 Å². The van der Waals surface area contributed by atoms with E-state index in [4.69, 9.17) is 0 Å². The maximum atomic E-state index is 10.6. The molecule has 2 nitrogen and oxygen atoms in total. The number of hydrogen-bond acceptors (Lipinski definition) is 3. The van der Waals surface area contributed by atoms with Crippen molar-refractivity contribution in [1.29, 1.82) is 0 Å². The molecule has 72 valence electrons. The van der Waals surface area contributed by atoms with Crippen molar-refractivity contribution in [2.75, 3.05) is 5.75 Å². The lowest BCUT2D eigenvalue weighted by Gasteiger charge is -1.89. The Morgan fingerprint density at radius 1 is 1.64 bits per heavy atom. The lowest BCUT2D eigenvalue weighted by atomic mass is 10.3. The van der Waals surface area contributed by atoms with Gasteiger partial charge in [-0.05, 0) is 34.0 Å². The number of pyridine rings is 1. The largest absolute Gasteiger partial charge is 0.288 e. The summed E-state index contributed by atoms with van der Waals surface area (Å²) in [7, 11) is 0. The predicted molar refractivity (Wildman–Crippen MR) is 62.0 cm³/mol. The molecule has 0 bridgehead atoms. The molecule has 1 rings (SSSR count). The summed E-state index contributed by atoms with van der Waals surface area (Å²) in [5.74, 6) is 6.26. The van der Waals surface area contributed by atoms with Gasteiger partial charge in [-0.3, -0.25) is 4.79 Å². The van der Waals surface area contributed by atoms with Gasteiger partial charge in [0.05, 0.1) is 5.75 Å². The van der Waals surface area contributed by atoms with Gasteiger partial charge in [-0.25, -0.2) is 4.98 Å². The normalized spacial score (nSPS) is 9.00. The molecule has 0 aliphatic rings. The zero-order valence-electron chi connectivity index (χ0n) is 7.58. The van der Waals surface area contributed by atoms with Crippen LogP contribution >= 0.6 is 27.7 Å². The molecule has 0 aliphatic heterocycles. The molecule has 1 aromatic heterocycles. The molecule has 0 radical (unpaired) electrons. The van der Waals surface area contributed by atoms with E-state index in [-0.39, 0.29) is 5.12 Å². The Labute approximate surface area is 95.6 Å². The summed E-state index contributed by atoms with van der Waals surface area (Å²) in [5.41, 5.74) is 0.720. The first-order valence-corrected chi connectivity index (χ1v) is 5.70. The van der Waals surface area contributed by atoms with Gasteiger partial charge in [0.15, 0.2) is 5.12 Å². The number of rotatable bonds is 1. The van der Waals surface area contributed by atoms with E-state index in [1.165, 1.54) is 18.7 Å². The van der Waals surface area contributed by atoms with Crippen LogP contribution in [0.15, 0.2) is 22.8 Å². The molecule has 0 atom stereocenters. The molecule has 1 aromatic rings. The summed E-state index contributed by atoms with van der Waals surface area (Å²) >= 11 is 4.49. The number of carbonyl (C=O) groups is 1. The van der Waals surface area contributed by atoms with Crippen molar-refractivity contribution < 1.29 is 4.79 Å². The molecule has 4 heteroatoms. The summed E-state index contributed by atoms with van der Waals surface area (Å²) in [5, 5.41) is 0.0862. The quantitative estimate of drug-likeness (QED) is 0.734. The van der Waals surface area contributed by atoms with Crippen molar-refractivity contribution in [2.45, 2.75) is 6.92 Å². The molecule has 0 amide bonds. The Bertz CT molecular complexity index is 377. The summed E-state index contributed by atoms with van der Waals surface area (Å²) < 4.78 is 0.932. The van der Waals surface area contributed by atoms with Crippen LogP contribution in [-0.2, 0) is 4.79 Å². The van der Waals surface area contributed by atoms with E-state index in [2.05, 4.69) is 32.8 Å². The van der Waals surface area contributed by atoms with E-state index in [1.54, 1.807) is 6.20 Å². The lowest BCUT2D eigenvalue weighted by Crippen LogP contribution is -1.84. The third-order valence-corrected chi connectivity index (χ3v) is 2.46. The van der Waals surface area contributed by atoms with Crippen LogP contribution in [0.4, 0.5) is 0 Å². The molecule has 0 N–H and O–H groups in total. The van der Waals surface area contributed by atoms with Crippen molar-refractivity contribution in [1.82, 2.24) is 4.98 Å². The number of nitrogens with zero attached hydrogens (tertiary/aromatic N) is 1. The molecule has 0 saturated heterocycles. The van der Waals surface area contributed by atoms with Gasteiger partial charge >= 0.3 is 0 Å². The van der Waals surface area contributed by atoms with Crippen LogP contribution in [0.2, 0.25) is 0 Å². The second-order valence-electron chi connectivity index (χ2n) is 2.44. The summed E-state index contributed by atoms with van der Waals surface area (Å²) in [6, 6.07) is 3.71. The maximum Gasteiger partial charge on any atom is 0.186 e. The van der Waals surface area contributed by atoms with Gasteiger partial charge in [-0.2, -0.15) is 0 Å². The van der Waals surface area contributed by atoms with Gasteiger partial charge in [0.2, 0.25) is 0 Å². The van der Waals surface area contributed by atoms with Crippen LogP contribution in [0.25, 0.3) is 0 Å². The van der Waals surface area contributed by atoms with E-state index in [0.29, 0.717) is 5.75 Å². The molecule has 0 aromatic carbocycles. The van der Waals surface area contributed by atoms with Crippen molar-refractivity contribution in [3.05, 3.63) is 28.5 Å². The molecular formula is C10H8BrNOS. The second kappa shape index (κ2) is 5.84. The van der Waals surface area contributed by atoms with Crippen molar-refractivity contribution in [3.63, 3.8) is 0 Å². The van der Waals surface area contributed by atoms with Gasteiger partial charge in [0.1, 0.15) is 5.69 Å². The molecule has 14 heavy (non-hydrogen) atoms. The fourth-order valence-electron chi connectivity index (χ4n) is 0.714. The smallest absolute Gasteiger partial charge is 0.186 e. The van der Waals surface area contributed by atoms with Crippen LogP contribution < -0.4 is 0 Å². The van der Waals surface area contributed by atoms with Crippen molar-refractivity contribution in [2.24, 2.45) is 0 Å². The zero-order valence-corrected chi connectivity index (χ0v) is 9.98. The molecule has 0 saturated carbocycles. The SMILES string of the molecule is CC(=O)SCC#Cc1ccc(Br)cn1. The average Bonchev–Trinajstić information content (AvgIpc) is 2.15. The van der Waals surface area contributed by atoms with Gasteiger partial charge in [0, 0.05) is 17.6 Å². The highest BCUT2D eigenvalue weighted by molar-refractivity contribution is 9.10. The Hall–Kier alpha value is -0.790. The molecule has 0 aliphatic carbocycles. The Kier molecular flexibility index (Phi) is 4.71. The molecule has 0 spiro atoms. The summed E-state index contributed by atoms with van der Waals surface area (Å²) in [6.07, 6.45) is 1.70. The summed E-state index contributed by atoms with van der Waals surface area (Å²) in [6.45, 7) is 1.53. The van der Waals surface area contributed by atoms with E-state index >= 15 is 0 Å². The van der Waals surface area contributed by atoms with Gasteiger partial charge in [0.25, 0.3) is 0 Å². The van der Waals surface area contributed by atoms with Crippen LogP contribution in [-0.4, -0.2) is 15.9 Å². The van der Waals surface area contributed by atoms with E-state index in [1.807, 2.05) is 12.1 Å². The van der Waals surface area contributed by atoms with Crippen LogP contribution in [0.5, 0.6) is 0 Å². The standard InChI is InChI=1S/C10H8BrNOS/c1-8(13)14-6-2-3-10-5-4-9(11)7-12-10/h4-5,7H,6H2,1H3. The highest BCUT2D eigenvalue weighted by Gasteiger charge is 1.90. The predicted octanol–water partition coefficient (Wildman–Crippen LogP) is 2.48. The number of thioether (sulfide) groups is 1. The molecule has 1 heterocycles. The molecular weight excluding hydrogens is 262 g/mol. The monoisotopic (exact) mass is 269 g/mol. The van der Waals surface area contributed by atoms with Crippen molar-refractivity contribution in [3.8, 4) is 11.8 Å². The first kappa shape index (κ1) is 11.3. The fourth-order valence-corrected chi connectivity index (χ4v) is 1.30. The van der Waals surface area contributed by atoms with Crippen LogP contribution in [0.1, 0.15) is 12.6 Å². The number of halogens is 1. The van der Waals surface area contributed by atoms with Gasteiger partial charge < -0.3 is 0 Å². The second-order valence-corrected chi connectivity index (χ2v) is 4.51. The minimum Gasteiger partial charge on any atom is -0.288 e. The fraction of sp³-hybridized carbons (Fsp3) is 0.200. The first-order chi connectivity index (χ1) is 6.68. The minimum absolute atomic E-state index is 0.0862. The highest BCUT2D eigenvalue weighted by atomic mass is 79.9. The first-order valence-electron chi connectivity index (χ1n) is 3.92. The third-order valence-electron chi connectivity index (χ3n) is 1.29. The Morgan fingerprint density at radius 2 is 2.43 bits per heavy atom. The van der Waals surface area contributed by atoms with E-state index < -0.39 is 0 Å². The number of carbonyl (C=O) groups excluding carboxylic acids is 1. The van der Waals surface area contributed by atoms with Crippen LogP contribution in [0, 0.1) is 11.8 Å².